The molecule has 198 valence electrons. The van der Waals surface area contributed by atoms with Crippen molar-refractivity contribution in [2.45, 2.75) is 116 Å². The van der Waals surface area contributed by atoms with Gasteiger partial charge in [0.1, 0.15) is 12.7 Å². The number of carbonyl (C=O) groups is 2. The van der Waals surface area contributed by atoms with Gasteiger partial charge in [-0.3, -0.25) is 9.59 Å². The maximum atomic E-state index is 14.1. The fourth-order valence-electron chi connectivity index (χ4n) is 3.83. The molecule has 6 nitrogen and oxygen atoms in total. The molecule has 0 N–H and O–H groups in total. The zero-order valence-electron chi connectivity index (χ0n) is 23.9. The molecule has 35 heavy (non-hydrogen) atoms. The number of esters is 1. The lowest BCUT2D eigenvalue weighted by Crippen LogP contribution is -2.54. The van der Waals surface area contributed by atoms with Gasteiger partial charge >= 0.3 is 5.97 Å². The number of ether oxygens (including phenoxy) is 1. The molecular formula is C27H47NO5Si2. The Bertz CT molecular complexity index is 889. The largest absolute Gasteiger partial charge is 0.464 e. The molecule has 1 fully saturated rings. The van der Waals surface area contributed by atoms with Crippen molar-refractivity contribution in [1.29, 1.82) is 0 Å². The summed E-state index contributed by atoms with van der Waals surface area (Å²) in [6, 6.07) is 9.29. The highest BCUT2D eigenvalue weighted by atomic mass is 28.4. The van der Waals surface area contributed by atoms with Crippen molar-refractivity contribution in [1.82, 2.24) is 4.90 Å². The topological polar surface area (TPSA) is 65.1 Å². The maximum absolute atomic E-state index is 14.1. The second-order valence-corrected chi connectivity index (χ2v) is 22.4. The zero-order valence-corrected chi connectivity index (χ0v) is 25.9. The van der Waals surface area contributed by atoms with E-state index < -0.39 is 34.9 Å². The van der Waals surface area contributed by atoms with E-state index in [0.717, 1.165) is 5.56 Å². The lowest BCUT2D eigenvalue weighted by molar-refractivity contribution is -0.146. The van der Waals surface area contributed by atoms with E-state index in [4.69, 9.17) is 13.6 Å². The normalized spacial score (nSPS) is 22.9. The molecule has 1 aliphatic heterocycles. The van der Waals surface area contributed by atoms with Crippen LogP contribution in [0.5, 0.6) is 0 Å². The molecule has 1 aromatic rings. The minimum atomic E-state index is -2.31. The maximum Gasteiger partial charge on any atom is 0.302 e. The van der Waals surface area contributed by atoms with Crippen LogP contribution >= 0.6 is 0 Å². The molecular weight excluding hydrogens is 474 g/mol. The quantitative estimate of drug-likeness (QED) is 0.297. The molecule has 0 aliphatic carbocycles. The summed E-state index contributed by atoms with van der Waals surface area (Å²) >= 11 is 0. The first-order valence-electron chi connectivity index (χ1n) is 12.7. The van der Waals surface area contributed by atoms with Crippen LogP contribution in [0.2, 0.25) is 36.3 Å². The molecule has 1 amide bonds. The average molecular weight is 522 g/mol. The van der Waals surface area contributed by atoms with Gasteiger partial charge in [0.05, 0.1) is 12.1 Å². The standard InChI is InChI=1S/C27H47NO5Si2/c1-19(21-16-14-13-15-17-21)28-22(18-31-20(2)29)23(32-34(9,10)26(3,4)5)24(25(28)30)33-35(11,12)27(6,7)8/h13-17,19,22-24H,18H2,1-12H3/t19-,22+,23+,24-/m1/s1. The van der Waals surface area contributed by atoms with Gasteiger partial charge in [-0.15, -0.1) is 0 Å². The molecule has 0 saturated carbocycles. The molecule has 0 spiro atoms. The van der Waals surface area contributed by atoms with Crippen LogP contribution in [-0.4, -0.2) is 58.3 Å². The highest BCUT2D eigenvalue weighted by Gasteiger charge is 2.57. The smallest absolute Gasteiger partial charge is 0.302 e. The number of amides is 1. The van der Waals surface area contributed by atoms with Gasteiger partial charge in [0.2, 0.25) is 0 Å². The molecule has 1 saturated heterocycles. The predicted molar refractivity (Wildman–Crippen MR) is 146 cm³/mol. The molecule has 0 bridgehead atoms. The number of carbonyl (C=O) groups excluding carboxylic acids is 2. The summed E-state index contributed by atoms with van der Waals surface area (Å²) in [5.41, 5.74) is 1.02. The SMILES string of the molecule is CC(=O)OC[C@H]1[C@H](O[Si](C)(C)C(C)(C)C)[C@@H](O[Si](C)(C)C(C)(C)C)C(=O)N1[C@H](C)c1ccccc1. The van der Waals surface area contributed by atoms with Crippen molar-refractivity contribution in [3.05, 3.63) is 35.9 Å². The lowest BCUT2D eigenvalue weighted by atomic mass is 10.1. The van der Waals surface area contributed by atoms with Crippen LogP contribution in [0.15, 0.2) is 30.3 Å². The molecule has 1 aromatic carbocycles. The number of likely N-dealkylation sites (tertiary alicyclic amines) is 1. The Hall–Kier alpha value is -1.49. The fraction of sp³-hybridized carbons (Fsp3) is 0.704. The predicted octanol–water partition coefficient (Wildman–Crippen LogP) is 6.30. The summed E-state index contributed by atoms with van der Waals surface area (Å²) in [6.07, 6.45) is -1.26. The second kappa shape index (κ2) is 10.5. The second-order valence-electron chi connectivity index (χ2n) is 12.8. The van der Waals surface area contributed by atoms with Crippen molar-refractivity contribution in [2.24, 2.45) is 0 Å². The Labute approximate surface area is 215 Å². The number of rotatable bonds is 8. The van der Waals surface area contributed by atoms with E-state index in [1.165, 1.54) is 6.92 Å². The Kier molecular flexibility index (Phi) is 8.90. The van der Waals surface area contributed by atoms with Gasteiger partial charge < -0.3 is 18.5 Å². The van der Waals surface area contributed by atoms with Crippen molar-refractivity contribution >= 4 is 28.5 Å². The molecule has 0 aromatic heterocycles. The molecule has 1 aliphatic rings. The summed E-state index contributed by atoms with van der Waals surface area (Å²) in [6.45, 7) is 25.3. The first-order valence-corrected chi connectivity index (χ1v) is 18.5. The van der Waals surface area contributed by atoms with Gasteiger partial charge in [0.15, 0.2) is 22.7 Å². The summed E-state index contributed by atoms with van der Waals surface area (Å²) in [7, 11) is -4.60. The van der Waals surface area contributed by atoms with E-state index in [0.29, 0.717) is 0 Å². The molecule has 0 unspecified atom stereocenters. The van der Waals surface area contributed by atoms with Crippen molar-refractivity contribution in [3.63, 3.8) is 0 Å². The van der Waals surface area contributed by atoms with Gasteiger partial charge in [-0.25, -0.2) is 0 Å². The molecule has 8 heteroatoms. The van der Waals surface area contributed by atoms with Gasteiger partial charge in [-0.2, -0.15) is 0 Å². The van der Waals surface area contributed by atoms with Gasteiger partial charge in [-0.05, 0) is 48.8 Å². The number of nitrogens with zero attached hydrogens (tertiary/aromatic N) is 1. The van der Waals surface area contributed by atoms with Gasteiger partial charge in [-0.1, -0.05) is 71.9 Å². The third kappa shape index (κ3) is 6.64. The molecule has 0 radical (unpaired) electrons. The van der Waals surface area contributed by atoms with Crippen LogP contribution < -0.4 is 0 Å². The van der Waals surface area contributed by atoms with Crippen molar-refractivity contribution < 1.29 is 23.2 Å². The van der Waals surface area contributed by atoms with E-state index in [1.54, 1.807) is 0 Å². The zero-order chi connectivity index (χ0) is 27.0. The van der Waals surface area contributed by atoms with Crippen LogP contribution in [0.4, 0.5) is 0 Å². The summed E-state index contributed by atoms with van der Waals surface area (Å²) in [5, 5.41) is -0.124. The Morgan fingerprint density at radius 1 is 0.943 bits per heavy atom. The summed E-state index contributed by atoms with van der Waals surface area (Å²) in [4.78, 5) is 27.8. The third-order valence-corrected chi connectivity index (χ3v) is 17.1. The highest BCUT2D eigenvalue weighted by Crippen LogP contribution is 2.44. The minimum Gasteiger partial charge on any atom is -0.464 e. The number of hydrogen-bond donors (Lipinski definition) is 0. The van der Waals surface area contributed by atoms with Gasteiger partial charge in [0.25, 0.3) is 5.91 Å². The monoisotopic (exact) mass is 521 g/mol. The van der Waals surface area contributed by atoms with E-state index >= 15 is 0 Å². The van der Waals surface area contributed by atoms with Crippen LogP contribution in [0.25, 0.3) is 0 Å². The molecule has 4 atom stereocenters. The Morgan fingerprint density at radius 3 is 1.89 bits per heavy atom. The Morgan fingerprint density at radius 2 is 1.43 bits per heavy atom. The number of hydrogen-bond acceptors (Lipinski definition) is 5. The lowest BCUT2D eigenvalue weighted by Gasteiger charge is -2.43. The summed E-state index contributed by atoms with van der Waals surface area (Å²) in [5.74, 6) is -0.461. The van der Waals surface area contributed by atoms with Crippen LogP contribution in [0.1, 0.15) is 67.0 Å². The average Bonchev–Trinajstić information content (AvgIpc) is 2.95. The first kappa shape index (κ1) is 29.7. The fourth-order valence-corrected chi connectivity index (χ4v) is 6.37. The van der Waals surface area contributed by atoms with E-state index in [1.807, 2.05) is 42.2 Å². The first-order chi connectivity index (χ1) is 15.8. The van der Waals surface area contributed by atoms with Gasteiger partial charge in [0, 0.05) is 6.92 Å². The molecule has 1 heterocycles. The third-order valence-electron chi connectivity index (χ3n) is 8.15. The minimum absolute atomic E-state index is 0.0536. The highest BCUT2D eigenvalue weighted by molar-refractivity contribution is 6.74. The number of benzene rings is 1. The van der Waals surface area contributed by atoms with E-state index in [-0.39, 0.29) is 34.6 Å². The van der Waals surface area contributed by atoms with E-state index in [9.17, 15) is 9.59 Å². The summed E-state index contributed by atoms with van der Waals surface area (Å²) < 4.78 is 19.3. The van der Waals surface area contributed by atoms with Crippen LogP contribution in [0, 0.1) is 0 Å². The van der Waals surface area contributed by atoms with Crippen molar-refractivity contribution in [3.8, 4) is 0 Å². The van der Waals surface area contributed by atoms with Crippen molar-refractivity contribution in [2.75, 3.05) is 6.61 Å². The molecule has 2 rings (SSSR count). The van der Waals surface area contributed by atoms with Crippen LogP contribution in [0.3, 0.4) is 0 Å². The van der Waals surface area contributed by atoms with Crippen LogP contribution in [-0.2, 0) is 23.2 Å². The Balaban J connectivity index is 2.61. The van der Waals surface area contributed by atoms with E-state index in [2.05, 4.69) is 67.7 Å².